The van der Waals surface area contributed by atoms with Crippen LogP contribution in [-0.2, 0) is 7.05 Å². The van der Waals surface area contributed by atoms with E-state index < -0.39 is 0 Å². The molecular weight excluding hydrogens is 328 g/mol. The van der Waals surface area contributed by atoms with Crippen molar-refractivity contribution < 1.29 is 4.79 Å². The summed E-state index contributed by atoms with van der Waals surface area (Å²) in [5.74, 6) is -0.0393. The quantitative estimate of drug-likeness (QED) is 0.712. The molecule has 0 aliphatic heterocycles. The van der Waals surface area contributed by atoms with Crippen molar-refractivity contribution in [1.82, 2.24) is 18.9 Å². The number of aryl methyl sites for hydroxylation is 2. The Hall–Kier alpha value is -2.63. The summed E-state index contributed by atoms with van der Waals surface area (Å²) in [6.07, 6.45) is 7.42. The lowest BCUT2D eigenvalue weighted by atomic mass is 9.94. The van der Waals surface area contributed by atoms with Crippen LogP contribution in [0.3, 0.4) is 0 Å². The normalized spacial score (nSPS) is 15.7. The summed E-state index contributed by atoms with van der Waals surface area (Å²) in [6, 6.07) is 5.74. The second-order valence-corrected chi connectivity index (χ2v) is 7.34. The van der Waals surface area contributed by atoms with E-state index >= 15 is 0 Å². The summed E-state index contributed by atoms with van der Waals surface area (Å²) < 4.78 is 3.31. The van der Waals surface area contributed by atoms with E-state index in [0.717, 1.165) is 18.4 Å². The van der Waals surface area contributed by atoms with Crippen molar-refractivity contribution in [2.24, 2.45) is 7.05 Å². The SMILES string of the molecule is Cc1cccn2c(=O)c3cc(C(=O)N(C)C4CCCCC4)n(C)c3nc12. The molecule has 0 N–H and O–H groups in total. The number of pyridine rings is 1. The highest BCUT2D eigenvalue weighted by Gasteiger charge is 2.26. The summed E-state index contributed by atoms with van der Waals surface area (Å²) in [5.41, 5.74) is 2.50. The third-order valence-electron chi connectivity index (χ3n) is 5.69. The Kier molecular flexibility index (Phi) is 4.05. The number of carbonyl (C=O) groups is 1. The molecule has 0 radical (unpaired) electrons. The zero-order chi connectivity index (χ0) is 18.4. The Morgan fingerprint density at radius 3 is 2.69 bits per heavy atom. The van der Waals surface area contributed by atoms with Crippen LogP contribution in [0, 0.1) is 6.92 Å². The Balaban J connectivity index is 1.83. The fourth-order valence-electron chi connectivity index (χ4n) is 4.05. The van der Waals surface area contributed by atoms with Gasteiger partial charge in [-0.05, 0) is 37.5 Å². The first kappa shape index (κ1) is 16.8. The molecule has 3 heterocycles. The van der Waals surface area contributed by atoms with E-state index in [1.54, 1.807) is 21.2 Å². The van der Waals surface area contributed by atoms with Crippen LogP contribution in [0.25, 0.3) is 16.7 Å². The van der Waals surface area contributed by atoms with Crippen LogP contribution in [-0.4, -0.2) is 37.8 Å². The van der Waals surface area contributed by atoms with Crippen LogP contribution in [0.15, 0.2) is 29.2 Å². The molecule has 136 valence electrons. The zero-order valence-corrected chi connectivity index (χ0v) is 15.5. The lowest BCUT2D eigenvalue weighted by Gasteiger charge is -2.31. The zero-order valence-electron chi connectivity index (χ0n) is 15.5. The minimum absolute atomic E-state index is 0.0393. The van der Waals surface area contributed by atoms with Gasteiger partial charge in [-0.1, -0.05) is 25.3 Å². The second kappa shape index (κ2) is 6.27. The van der Waals surface area contributed by atoms with E-state index in [4.69, 9.17) is 0 Å². The minimum Gasteiger partial charge on any atom is -0.337 e. The molecule has 1 aliphatic rings. The third kappa shape index (κ3) is 2.52. The van der Waals surface area contributed by atoms with Gasteiger partial charge in [0.25, 0.3) is 11.5 Å². The molecule has 0 bridgehead atoms. The molecule has 4 rings (SSSR count). The number of hydrogen-bond donors (Lipinski definition) is 0. The fourth-order valence-corrected chi connectivity index (χ4v) is 4.05. The van der Waals surface area contributed by atoms with Crippen LogP contribution < -0.4 is 5.56 Å². The van der Waals surface area contributed by atoms with Gasteiger partial charge < -0.3 is 9.47 Å². The van der Waals surface area contributed by atoms with E-state index in [0.29, 0.717) is 22.4 Å². The van der Waals surface area contributed by atoms with Gasteiger partial charge >= 0.3 is 0 Å². The largest absolute Gasteiger partial charge is 0.337 e. The van der Waals surface area contributed by atoms with Gasteiger partial charge in [-0.15, -0.1) is 0 Å². The van der Waals surface area contributed by atoms with Gasteiger partial charge in [0.05, 0.1) is 5.39 Å². The molecule has 6 heteroatoms. The highest BCUT2D eigenvalue weighted by atomic mass is 16.2. The predicted molar refractivity (Wildman–Crippen MR) is 102 cm³/mol. The summed E-state index contributed by atoms with van der Waals surface area (Å²) >= 11 is 0. The maximum Gasteiger partial charge on any atom is 0.270 e. The molecule has 1 fully saturated rings. The fraction of sp³-hybridized carbons (Fsp3) is 0.450. The molecule has 1 amide bonds. The van der Waals surface area contributed by atoms with Gasteiger partial charge in [0.15, 0.2) is 0 Å². The average Bonchev–Trinajstić information content (AvgIpc) is 2.99. The topological polar surface area (TPSA) is 59.6 Å². The summed E-state index contributed by atoms with van der Waals surface area (Å²) in [6.45, 7) is 1.93. The lowest BCUT2D eigenvalue weighted by molar-refractivity contribution is 0.0687. The van der Waals surface area contributed by atoms with Gasteiger partial charge in [0.2, 0.25) is 0 Å². The van der Waals surface area contributed by atoms with Gasteiger partial charge in [0, 0.05) is 26.3 Å². The van der Waals surface area contributed by atoms with Crippen molar-refractivity contribution in [2.75, 3.05) is 7.05 Å². The van der Waals surface area contributed by atoms with Gasteiger partial charge in [-0.25, -0.2) is 4.98 Å². The first-order valence-electron chi connectivity index (χ1n) is 9.23. The molecule has 0 unspecified atom stereocenters. The lowest BCUT2D eigenvalue weighted by Crippen LogP contribution is -2.39. The van der Waals surface area contributed by atoms with Gasteiger partial charge in [0.1, 0.15) is 17.0 Å². The van der Waals surface area contributed by atoms with Gasteiger partial charge in [-0.3, -0.25) is 14.0 Å². The highest BCUT2D eigenvalue weighted by molar-refractivity contribution is 5.98. The first-order chi connectivity index (χ1) is 12.5. The van der Waals surface area contributed by atoms with E-state index in [1.807, 2.05) is 38.1 Å². The number of fused-ring (bicyclic) bond motifs is 2. The maximum absolute atomic E-state index is 13.1. The van der Waals surface area contributed by atoms with Crippen LogP contribution in [0.1, 0.15) is 48.2 Å². The summed E-state index contributed by atoms with van der Waals surface area (Å²) in [7, 11) is 3.68. The molecule has 0 saturated heterocycles. The van der Waals surface area contributed by atoms with Crippen molar-refractivity contribution in [2.45, 2.75) is 45.1 Å². The Morgan fingerprint density at radius 1 is 1.23 bits per heavy atom. The van der Waals surface area contributed by atoms with Crippen molar-refractivity contribution in [3.63, 3.8) is 0 Å². The van der Waals surface area contributed by atoms with Crippen molar-refractivity contribution in [1.29, 1.82) is 0 Å². The van der Waals surface area contributed by atoms with Gasteiger partial charge in [-0.2, -0.15) is 0 Å². The van der Waals surface area contributed by atoms with Crippen LogP contribution in [0.5, 0.6) is 0 Å². The van der Waals surface area contributed by atoms with Crippen LogP contribution >= 0.6 is 0 Å². The van der Waals surface area contributed by atoms with E-state index in [9.17, 15) is 9.59 Å². The van der Waals surface area contributed by atoms with Crippen LogP contribution in [0.4, 0.5) is 0 Å². The number of nitrogens with zero attached hydrogens (tertiary/aromatic N) is 4. The Morgan fingerprint density at radius 2 is 1.96 bits per heavy atom. The minimum atomic E-state index is -0.135. The number of amides is 1. The maximum atomic E-state index is 13.1. The molecule has 26 heavy (non-hydrogen) atoms. The average molecular weight is 352 g/mol. The standard InChI is InChI=1S/C20H24N4O2/c1-13-8-7-11-24-17(13)21-18-15(19(24)25)12-16(23(18)3)20(26)22(2)14-9-5-4-6-10-14/h7-8,11-12,14H,4-6,9-10H2,1-3H3. The third-order valence-corrected chi connectivity index (χ3v) is 5.69. The molecular formula is C20H24N4O2. The number of hydrogen-bond acceptors (Lipinski definition) is 3. The number of carbonyl (C=O) groups excluding carboxylic acids is 1. The van der Waals surface area contributed by atoms with E-state index in [-0.39, 0.29) is 17.5 Å². The Labute approximate surface area is 152 Å². The molecule has 0 aromatic carbocycles. The van der Waals surface area contributed by atoms with E-state index in [1.165, 1.54) is 19.3 Å². The summed E-state index contributed by atoms with van der Waals surface area (Å²) in [4.78, 5) is 32.5. The first-order valence-corrected chi connectivity index (χ1v) is 9.23. The van der Waals surface area contributed by atoms with Crippen LogP contribution in [0.2, 0.25) is 0 Å². The number of rotatable bonds is 2. The number of aromatic nitrogens is 3. The van der Waals surface area contributed by atoms with E-state index in [2.05, 4.69) is 4.98 Å². The molecule has 0 spiro atoms. The second-order valence-electron chi connectivity index (χ2n) is 7.34. The van der Waals surface area contributed by atoms with Crippen molar-refractivity contribution in [3.8, 4) is 0 Å². The summed E-state index contributed by atoms with van der Waals surface area (Å²) in [5, 5.41) is 0.482. The molecule has 0 atom stereocenters. The molecule has 1 aliphatic carbocycles. The monoisotopic (exact) mass is 352 g/mol. The Bertz CT molecular complexity index is 1060. The molecule has 6 nitrogen and oxygen atoms in total. The highest BCUT2D eigenvalue weighted by Crippen LogP contribution is 2.24. The van der Waals surface area contributed by atoms with Crippen molar-refractivity contribution >= 4 is 22.6 Å². The molecule has 3 aromatic rings. The predicted octanol–water partition coefficient (Wildman–Crippen LogP) is 2.90. The molecule has 3 aromatic heterocycles. The smallest absolute Gasteiger partial charge is 0.270 e. The van der Waals surface area contributed by atoms with Crippen molar-refractivity contribution in [3.05, 3.63) is 46.0 Å². The molecule has 1 saturated carbocycles.